The van der Waals surface area contributed by atoms with E-state index in [0.29, 0.717) is 18.0 Å². The van der Waals surface area contributed by atoms with Gasteiger partial charge in [-0.1, -0.05) is 23.7 Å². The lowest BCUT2D eigenvalue weighted by Crippen LogP contribution is -2.23. The maximum Gasteiger partial charge on any atom is 0.247 e. The van der Waals surface area contributed by atoms with Crippen LogP contribution in [0, 0.1) is 0 Å². The van der Waals surface area contributed by atoms with Gasteiger partial charge >= 0.3 is 0 Å². The van der Waals surface area contributed by atoms with E-state index >= 15 is 0 Å². The second-order valence-electron chi connectivity index (χ2n) is 5.64. The summed E-state index contributed by atoms with van der Waals surface area (Å²) in [5, 5.41) is 6.72. The van der Waals surface area contributed by atoms with Crippen LogP contribution in [0.25, 0.3) is 0 Å². The molecule has 0 aliphatic carbocycles. The molecule has 1 amide bonds. The molecule has 0 aromatic heterocycles. The van der Waals surface area contributed by atoms with Crippen LogP contribution in [-0.2, 0) is 4.79 Å². The van der Waals surface area contributed by atoms with Gasteiger partial charge in [-0.15, -0.1) is 0 Å². The Morgan fingerprint density at radius 2 is 2.33 bits per heavy atom. The summed E-state index contributed by atoms with van der Waals surface area (Å²) in [6.45, 7) is 0.615. The summed E-state index contributed by atoms with van der Waals surface area (Å²) >= 11 is 7.53. The Balaban J connectivity index is 1.45. The molecule has 5 nitrogen and oxygen atoms in total. The molecular weight excluding hydrogens is 344 g/mol. The molecule has 3 aliphatic heterocycles. The van der Waals surface area contributed by atoms with Gasteiger partial charge in [0.05, 0.1) is 36.5 Å². The van der Waals surface area contributed by atoms with E-state index in [9.17, 15) is 4.79 Å². The van der Waals surface area contributed by atoms with Gasteiger partial charge in [0.2, 0.25) is 5.91 Å². The molecule has 3 heterocycles. The summed E-state index contributed by atoms with van der Waals surface area (Å²) < 4.78 is 5.09. The highest BCUT2D eigenvalue weighted by molar-refractivity contribution is 7.95. The van der Waals surface area contributed by atoms with E-state index in [4.69, 9.17) is 11.6 Å². The van der Waals surface area contributed by atoms with Crippen LogP contribution >= 0.6 is 23.7 Å². The van der Waals surface area contributed by atoms with E-state index in [1.165, 1.54) is 12.1 Å². The Morgan fingerprint density at radius 3 is 3.21 bits per heavy atom. The number of fused-ring (bicyclic) bond motifs is 1. The van der Waals surface area contributed by atoms with Crippen LogP contribution in [-0.4, -0.2) is 27.5 Å². The molecule has 0 saturated carbocycles. The zero-order chi connectivity index (χ0) is 16.5. The van der Waals surface area contributed by atoms with Crippen molar-refractivity contribution >= 4 is 35.4 Å². The van der Waals surface area contributed by atoms with Gasteiger partial charge in [0, 0.05) is 23.8 Å². The zero-order valence-corrected chi connectivity index (χ0v) is 14.3. The summed E-state index contributed by atoms with van der Waals surface area (Å²) in [6.07, 6.45) is 8.96. The van der Waals surface area contributed by atoms with Crippen LogP contribution in [0.3, 0.4) is 0 Å². The summed E-state index contributed by atoms with van der Waals surface area (Å²) in [5.41, 5.74) is 3.92. The fraction of sp³-hybridized carbons (Fsp3) is 0.176. The monoisotopic (exact) mass is 358 g/mol. The number of allylic oxidation sites excluding steroid dienone is 2. The third-order valence-corrected chi connectivity index (χ3v) is 4.96. The van der Waals surface area contributed by atoms with Gasteiger partial charge in [-0.25, -0.2) is 5.01 Å². The van der Waals surface area contributed by atoms with Gasteiger partial charge in [-0.3, -0.25) is 9.10 Å². The molecule has 3 aliphatic rings. The summed E-state index contributed by atoms with van der Waals surface area (Å²) in [5.74, 6) is 0.00980. The largest absolute Gasteiger partial charge is 0.316 e. The fourth-order valence-corrected chi connectivity index (χ4v) is 3.58. The molecule has 0 atom stereocenters. The number of nitrogens with zero attached hydrogens (tertiary/aromatic N) is 3. The molecule has 0 unspecified atom stereocenters. The first-order valence-electron chi connectivity index (χ1n) is 7.63. The van der Waals surface area contributed by atoms with E-state index in [1.54, 1.807) is 5.01 Å². The minimum atomic E-state index is 0.00980. The number of carbonyl (C=O) groups excluding carboxylic acids is 1. The number of nitrogens with one attached hydrogen (secondary N) is 1. The van der Waals surface area contributed by atoms with Crippen molar-refractivity contribution in [2.45, 2.75) is 12.8 Å². The SMILES string of the molecule is O=C(CC1=CC2=CNSN2C=C1)N1CCC(c2cccc(Cl)c2)=N1. The van der Waals surface area contributed by atoms with Crippen LogP contribution in [0.5, 0.6) is 0 Å². The van der Waals surface area contributed by atoms with Crippen molar-refractivity contribution in [1.82, 2.24) is 14.0 Å². The molecular formula is C17H15ClN4OS. The molecule has 0 bridgehead atoms. The minimum Gasteiger partial charge on any atom is -0.316 e. The lowest BCUT2D eigenvalue weighted by Gasteiger charge is -2.18. The van der Waals surface area contributed by atoms with E-state index in [1.807, 2.05) is 53.1 Å². The summed E-state index contributed by atoms with van der Waals surface area (Å²) in [6, 6.07) is 7.58. The minimum absolute atomic E-state index is 0.00980. The van der Waals surface area contributed by atoms with Crippen molar-refractivity contribution in [1.29, 1.82) is 0 Å². The van der Waals surface area contributed by atoms with Gasteiger partial charge < -0.3 is 4.72 Å². The first-order valence-corrected chi connectivity index (χ1v) is 8.79. The standard InChI is InChI=1S/C17H15ClN4OS/c18-14-3-1-2-13(10-14)16-5-6-21(20-16)17(23)9-12-4-7-22-15(8-12)11-19-24-22/h1-4,7-8,10-11,19H,5-6,9H2. The highest BCUT2D eigenvalue weighted by Crippen LogP contribution is 2.29. The quantitative estimate of drug-likeness (QED) is 0.841. The van der Waals surface area contributed by atoms with E-state index in [-0.39, 0.29) is 5.91 Å². The molecule has 4 rings (SSSR count). The zero-order valence-electron chi connectivity index (χ0n) is 12.8. The average Bonchev–Trinajstić information content (AvgIpc) is 3.24. The van der Waals surface area contributed by atoms with Crippen LogP contribution in [0.15, 0.2) is 65.2 Å². The Hall–Kier alpha value is -2.18. The molecule has 0 saturated heterocycles. The maximum atomic E-state index is 12.5. The first kappa shape index (κ1) is 15.4. The lowest BCUT2D eigenvalue weighted by molar-refractivity contribution is -0.129. The highest BCUT2D eigenvalue weighted by Gasteiger charge is 2.23. The molecule has 24 heavy (non-hydrogen) atoms. The Labute approximate surface area is 149 Å². The van der Waals surface area contributed by atoms with E-state index in [2.05, 4.69) is 9.82 Å². The van der Waals surface area contributed by atoms with Crippen molar-refractivity contribution in [2.75, 3.05) is 6.54 Å². The number of carbonyl (C=O) groups is 1. The number of hydrazone groups is 1. The van der Waals surface area contributed by atoms with Gasteiger partial charge in [0.15, 0.2) is 0 Å². The third kappa shape index (κ3) is 3.07. The lowest BCUT2D eigenvalue weighted by atomic mass is 10.1. The fourth-order valence-electron chi connectivity index (χ4n) is 2.77. The smallest absolute Gasteiger partial charge is 0.247 e. The van der Waals surface area contributed by atoms with Crippen LogP contribution in [0.1, 0.15) is 18.4 Å². The van der Waals surface area contributed by atoms with Crippen molar-refractivity contribution in [3.8, 4) is 0 Å². The van der Waals surface area contributed by atoms with Crippen molar-refractivity contribution in [3.63, 3.8) is 0 Å². The molecule has 7 heteroatoms. The number of rotatable bonds is 3. The normalized spacial score (nSPS) is 18.8. The van der Waals surface area contributed by atoms with Crippen molar-refractivity contribution < 1.29 is 4.79 Å². The molecule has 1 N–H and O–H groups in total. The Bertz CT molecular complexity index is 815. The van der Waals surface area contributed by atoms with Gasteiger partial charge in [-0.2, -0.15) is 5.10 Å². The van der Waals surface area contributed by atoms with Crippen LogP contribution < -0.4 is 4.72 Å². The number of halogens is 1. The molecule has 0 fully saturated rings. The van der Waals surface area contributed by atoms with Gasteiger partial charge in [-0.05, 0) is 35.4 Å². The van der Waals surface area contributed by atoms with Crippen LogP contribution in [0.4, 0.5) is 0 Å². The highest BCUT2D eigenvalue weighted by atomic mass is 35.5. The Morgan fingerprint density at radius 1 is 1.42 bits per heavy atom. The van der Waals surface area contributed by atoms with E-state index < -0.39 is 0 Å². The second kappa shape index (κ2) is 6.37. The number of hydrogen-bond donors (Lipinski definition) is 1. The second-order valence-corrected chi connectivity index (χ2v) is 6.89. The molecule has 0 radical (unpaired) electrons. The molecule has 1 aromatic rings. The van der Waals surface area contributed by atoms with E-state index in [0.717, 1.165) is 29.0 Å². The first-order chi connectivity index (χ1) is 11.7. The molecule has 0 spiro atoms. The molecule has 1 aromatic carbocycles. The number of amides is 1. The summed E-state index contributed by atoms with van der Waals surface area (Å²) in [4.78, 5) is 12.5. The number of benzene rings is 1. The molecule has 122 valence electrons. The predicted octanol–water partition coefficient (Wildman–Crippen LogP) is 3.43. The Kier molecular flexibility index (Phi) is 4.08. The average molecular weight is 359 g/mol. The van der Waals surface area contributed by atoms with Crippen molar-refractivity contribution in [2.24, 2.45) is 5.10 Å². The van der Waals surface area contributed by atoms with Crippen molar-refractivity contribution in [3.05, 3.63) is 70.7 Å². The summed E-state index contributed by atoms with van der Waals surface area (Å²) in [7, 11) is 0. The van der Waals surface area contributed by atoms with Crippen LogP contribution in [0.2, 0.25) is 5.02 Å². The topological polar surface area (TPSA) is 47.9 Å². The van der Waals surface area contributed by atoms with Gasteiger partial charge in [0.1, 0.15) is 0 Å². The third-order valence-electron chi connectivity index (χ3n) is 3.97. The number of hydrogen-bond acceptors (Lipinski definition) is 5. The predicted molar refractivity (Wildman–Crippen MR) is 96.8 cm³/mol. The maximum absolute atomic E-state index is 12.5. The van der Waals surface area contributed by atoms with Gasteiger partial charge in [0.25, 0.3) is 0 Å².